The molecule has 0 amide bonds. The molecule has 0 aliphatic heterocycles. The van der Waals surface area contributed by atoms with Gasteiger partial charge < -0.3 is 0 Å². The van der Waals surface area contributed by atoms with Crippen molar-refractivity contribution in [1.29, 1.82) is 0 Å². The van der Waals surface area contributed by atoms with E-state index in [9.17, 15) is 0 Å². The van der Waals surface area contributed by atoms with Crippen LogP contribution in [-0.4, -0.2) is 4.98 Å². The van der Waals surface area contributed by atoms with Crippen molar-refractivity contribution in [2.24, 2.45) is 17.3 Å². The Hall–Kier alpha value is -1.63. The van der Waals surface area contributed by atoms with Crippen molar-refractivity contribution in [3.8, 4) is 0 Å². The summed E-state index contributed by atoms with van der Waals surface area (Å²) in [6, 6.07) is 11.7. The quantitative estimate of drug-likeness (QED) is 0.621. The number of benzene rings is 1. The van der Waals surface area contributed by atoms with Crippen LogP contribution >= 0.6 is 0 Å². The summed E-state index contributed by atoms with van der Waals surface area (Å²) in [6.07, 6.45) is 12.3. The third kappa shape index (κ3) is 2.31. The molecule has 2 saturated carbocycles. The molecule has 0 radical (unpaired) electrons. The number of rotatable bonds is 1. The van der Waals surface area contributed by atoms with Crippen LogP contribution in [-0.2, 0) is 6.42 Å². The van der Waals surface area contributed by atoms with Gasteiger partial charge in [-0.05, 0) is 97.3 Å². The summed E-state index contributed by atoms with van der Waals surface area (Å²) < 4.78 is 0. The van der Waals surface area contributed by atoms with Crippen LogP contribution in [0.2, 0.25) is 0 Å². The molecule has 1 heteroatoms. The molecule has 3 aliphatic rings. The Morgan fingerprint density at radius 2 is 2.00 bits per heavy atom. The second kappa shape index (κ2) is 5.69. The molecule has 0 spiro atoms. The number of fused-ring (bicyclic) bond motifs is 5. The Bertz CT molecular complexity index is 780. The maximum absolute atomic E-state index is 4.42. The van der Waals surface area contributed by atoms with E-state index in [0.29, 0.717) is 11.3 Å². The highest BCUT2D eigenvalue weighted by molar-refractivity contribution is 5.38. The first-order valence-corrected chi connectivity index (χ1v) is 10.2. The van der Waals surface area contributed by atoms with E-state index < -0.39 is 0 Å². The molecule has 1 aromatic heterocycles. The first-order chi connectivity index (χ1) is 12.2. The van der Waals surface area contributed by atoms with Gasteiger partial charge in [-0.2, -0.15) is 0 Å². The van der Waals surface area contributed by atoms with Crippen molar-refractivity contribution in [2.75, 3.05) is 0 Å². The number of aryl methyl sites for hydroxylation is 2. The van der Waals surface area contributed by atoms with Crippen molar-refractivity contribution in [2.45, 2.75) is 64.2 Å². The van der Waals surface area contributed by atoms with Gasteiger partial charge in [0, 0.05) is 12.4 Å². The van der Waals surface area contributed by atoms with Crippen molar-refractivity contribution in [3.63, 3.8) is 0 Å². The number of hydrogen-bond acceptors (Lipinski definition) is 1. The molecule has 1 aromatic carbocycles. The van der Waals surface area contributed by atoms with Gasteiger partial charge in [-0.3, -0.25) is 4.98 Å². The van der Waals surface area contributed by atoms with Crippen LogP contribution in [0.4, 0.5) is 0 Å². The summed E-state index contributed by atoms with van der Waals surface area (Å²) in [7, 11) is 0. The van der Waals surface area contributed by atoms with Gasteiger partial charge in [0.1, 0.15) is 0 Å². The molecule has 0 N–H and O–H groups in total. The molecule has 0 bridgehead atoms. The van der Waals surface area contributed by atoms with E-state index in [1.54, 1.807) is 11.1 Å². The lowest BCUT2D eigenvalue weighted by atomic mass is 9.53. The van der Waals surface area contributed by atoms with Gasteiger partial charge in [0.05, 0.1) is 0 Å². The highest BCUT2D eigenvalue weighted by Crippen LogP contribution is 2.65. The van der Waals surface area contributed by atoms with E-state index in [1.807, 2.05) is 6.20 Å². The average Bonchev–Trinajstić information content (AvgIpc) is 2.99. The van der Waals surface area contributed by atoms with Crippen LogP contribution in [0.25, 0.3) is 0 Å². The fraction of sp³-hybridized carbons (Fsp3) is 0.542. The first kappa shape index (κ1) is 15.6. The van der Waals surface area contributed by atoms with Crippen molar-refractivity contribution >= 4 is 0 Å². The number of nitrogens with zero attached hydrogens (tertiary/aromatic N) is 1. The number of hydrogen-bond donors (Lipinski definition) is 0. The molecule has 25 heavy (non-hydrogen) atoms. The molecule has 2 fully saturated rings. The van der Waals surface area contributed by atoms with Gasteiger partial charge in [0.25, 0.3) is 0 Å². The molecular formula is C24H29N. The lowest BCUT2D eigenvalue weighted by Gasteiger charge is -2.51. The predicted octanol–water partition coefficient (Wildman–Crippen LogP) is 6.03. The largest absolute Gasteiger partial charge is 0.264 e. The summed E-state index contributed by atoms with van der Waals surface area (Å²) in [4.78, 5) is 4.42. The van der Waals surface area contributed by atoms with Crippen LogP contribution in [0.3, 0.4) is 0 Å². The Labute approximate surface area is 151 Å². The van der Waals surface area contributed by atoms with Crippen LogP contribution in [0, 0.1) is 24.2 Å². The topological polar surface area (TPSA) is 12.9 Å². The molecule has 1 heterocycles. The lowest BCUT2D eigenvalue weighted by molar-refractivity contribution is 0.0481. The minimum atomic E-state index is 0.479. The maximum atomic E-state index is 4.42. The molecule has 0 unspecified atom stereocenters. The monoisotopic (exact) mass is 331 g/mol. The molecule has 3 aliphatic carbocycles. The molecular weight excluding hydrogens is 302 g/mol. The zero-order valence-corrected chi connectivity index (χ0v) is 15.5. The van der Waals surface area contributed by atoms with Gasteiger partial charge in [-0.25, -0.2) is 0 Å². The normalized spacial score (nSPS) is 36.4. The summed E-state index contributed by atoms with van der Waals surface area (Å²) in [5.74, 6) is 3.32. The lowest BCUT2D eigenvalue weighted by Crippen LogP contribution is -2.41. The fourth-order valence-corrected chi connectivity index (χ4v) is 6.84. The van der Waals surface area contributed by atoms with Gasteiger partial charge in [-0.15, -0.1) is 0 Å². The van der Waals surface area contributed by atoms with Gasteiger partial charge >= 0.3 is 0 Å². The predicted molar refractivity (Wildman–Crippen MR) is 103 cm³/mol. The standard InChI is InChI=1S/C24H29N/c1-16-5-7-19-17(14-16)6-8-21-20(19)11-12-24(2)22(9-10-23(21)24)18-4-3-13-25-15-18/h3-5,7,13-15,20-23H,6,8-12H2,1-2H3/t20-,21-,22-,23+,24-/m1/s1. The van der Waals surface area contributed by atoms with Crippen LogP contribution < -0.4 is 0 Å². The zero-order valence-electron chi connectivity index (χ0n) is 15.5. The highest BCUT2D eigenvalue weighted by Gasteiger charge is 2.54. The van der Waals surface area contributed by atoms with Gasteiger partial charge in [0.2, 0.25) is 0 Å². The van der Waals surface area contributed by atoms with E-state index in [0.717, 1.165) is 17.8 Å². The third-order valence-corrected chi connectivity index (χ3v) is 7.97. The molecule has 0 saturated heterocycles. The van der Waals surface area contributed by atoms with E-state index in [-0.39, 0.29) is 0 Å². The number of pyridine rings is 1. The smallest absolute Gasteiger partial charge is 0.0302 e. The van der Waals surface area contributed by atoms with Crippen LogP contribution in [0.1, 0.15) is 73.1 Å². The van der Waals surface area contributed by atoms with Crippen molar-refractivity contribution in [3.05, 3.63) is 65.0 Å². The third-order valence-electron chi connectivity index (χ3n) is 7.97. The van der Waals surface area contributed by atoms with Crippen molar-refractivity contribution < 1.29 is 0 Å². The highest BCUT2D eigenvalue weighted by atomic mass is 14.6. The second-order valence-electron chi connectivity index (χ2n) is 9.08. The molecule has 5 rings (SSSR count). The van der Waals surface area contributed by atoms with E-state index in [1.165, 1.54) is 49.7 Å². The Morgan fingerprint density at radius 3 is 2.84 bits per heavy atom. The Kier molecular flexibility index (Phi) is 3.55. The van der Waals surface area contributed by atoms with E-state index >= 15 is 0 Å². The molecule has 130 valence electrons. The van der Waals surface area contributed by atoms with Crippen molar-refractivity contribution in [1.82, 2.24) is 4.98 Å². The number of aromatic nitrogens is 1. The summed E-state index contributed by atoms with van der Waals surface area (Å²) in [5, 5.41) is 0. The Morgan fingerprint density at radius 1 is 1.08 bits per heavy atom. The molecule has 1 nitrogen and oxygen atoms in total. The van der Waals surface area contributed by atoms with Gasteiger partial charge in [0.15, 0.2) is 0 Å². The van der Waals surface area contributed by atoms with Gasteiger partial charge in [-0.1, -0.05) is 36.8 Å². The minimum absolute atomic E-state index is 0.479. The van der Waals surface area contributed by atoms with Crippen LogP contribution in [0.15, 0.2) is 42.7 Å². The van der Waals surface area contributed by atoms with E-state index in [2.05, 4.69) is 55.4 Å². The minimum Gasteiger partial charge on any atom is -0.264 e. The first-order valence-electron chi connectivity index (χ1n) is 10.2. The SMILES string of the molecule is Cc1ccc2c(c1)CC[C@@H]1[C@@H]2CC[C@]2(C)[C@@H](c3cccnc3)CC[C@@H]12. The van der Waals surface area contributed by atoms with Crippen LogP contribution in [0.5, 0.6) is 0 Å². The molecule has 5 atom stereocenters. The second-order valence-corrected chi connectivity index (χ2v) is 9.08. The Balaban J connectivity index is 1.48. The van der Waals surface area contributed by atoms with E-state index in [4.69, 9.17) is 0 Å². The molecule has 2 aromatic rings. The zero-order chi connectivity index (χ0) is 17.0. The summed E-state index contributed by atoms with van der Waals surface area (Å²) >= 11 is 0. The maximum Gasteiger partial charge on any atom is 0.0302 e. The summed E-state index contributed by atoms with van der Waals surface area (Å²) in [6.45, 7) is 4.84. The summed E-state index contributed by atoms with van der Waals surface area (Å²) in [5.41, 5.74) is 6.72. The average molecular weight is 332 g/mol. The fourth-order valence-electron chi connectivity index (χ4n) is 6.84.